The smallest absolute Gasteiger partial charge is 0.396 e. The molecule has 0 amide bonds. The van der Waals surface area contributed by atoms with Crippen LogP contribution in [0.15, 0.2) is 41.1 Å². The summed E-state index contributed by atoms with van der Waals surface area (Å²) in [4.78, 5) is 3.89. The maximum absolute atomic E-state index is 12.6. The zero-order valence-corrected chi connectivity index (χ0v) is 11.8. The number of nitrogens with zero attached hydrogens (tertiary/aromatic N) is 1. The number of rotatable bonds is 3. The van der Waals surface area contributed by atoms with Crippen molar-refractivity contribution in [3.05, 3.63) is 52.3 Å². The van der Waals surface area contributed by atoms with E-state index in [9.17, 15) is 13.2 Å². The molecule has 3 nitrogen and oxygen atoms in total. The lowest BCUT2D eigenvalue weighted by Gasteiger charge is -2.12. The number of anilines is 2. The van der Waals surface area contributed by atoms with Gasteiger partial charge in [0.15, 0.2) is 0 Å². The fraction of sp³-hybridized carbons (Fsp3) is 0.154. The number of aromatic nitrogens is 1. The molecule has 106 valence electrons. The lowest BCUT2D eigenvalue weighted by molar-refractivity contribution is -0.137. The predicted octanol–water partition coefficient (Wildman–Crippen LogP) is 4.06. The summed E-state index contributed by atoms with van der Waals surface area (Å²) < 4.78 is 38.5. The standard InChI is InChI=1S/C13H11BrF3N3/c14-10-6-19-7-11(18)12(10)20-5-8-2-1-3-9(4-8)13(15,16)17/h1-4,6-7H,5,18H2,(H,19,20). The Kier molecular flexibility index (Phi) is 4.17. The number of hydrogen-bond donors (Lipinski definition) is 2. The topological polar surface area (TPSA) is 50.9 Å². The molecule has 2 rings (SSSR count). The minimum Gasteiger partial charge on any atom is -0.396 e. The lowest BCUT2D eigenvalue weighted by Crippen LogP contribution is -2.07. The SMILES string of the molecule is Nc1cncc(Br)c1NCc1cccc(C(F)(F)F)c1. The van der Waals surface area contributed by atoms with Gasteiger partial charge in [-0.15, -0.1) is 0 Å². The Morgan fingerprint density at radius 2 is 2.00 bits per heavy atom. The molecule has 0 spiro atoms. The Bertz CT molecular complexity index is 594. The van der Waals surface area contributed by atoms with Gasteiger partial charge in [-0.25, -0.2) is 0 Å². The molecule has 0 aliphatic heterocycles. The highest BCUT2D eigenvalue weighted by atomic mass is 79.9. The first-order chi connectivity index (χ1) is 9.38. The van der Waals surface area contributed by atoms with Gasteiger partial charge < -0.3 is 11.1 Å². The molecule has 0 radical (unpaired) electrons. The van der Waals surface area contributed by atoms with E-state index in [0.29, 0.717) is 21.4 Å². The van der Waals surface area contributed by atoms with Gasteiger partial charge in [0.1, 0.15) is 0 Å². The third-order valence-electron chi connectivity index (χ3n) is 2.65. The molecular weight excluding hydrogens is 335 g/mol. The Hall–Kier alpha value is -1.76. The highest BCUT2D eigenvalue weighted by Crippen LogP contribution is 2.30. The second-order valence-corrected chi connectivity index (χ2v) is 4.99. The van der Waals surface area contributed by atoms with E-state index in [1.165, 1.54) is 12.3 Å². The molecule has 3 N–H and O–H groups in total. The Morgan fingerprint density at radius 3 is 2.65 bits per heavy atom. The van der Waals surface area contributed by atoms with Gasteiger partial charge in [0.25, 0.3) is 0 Å². The van der Waals surface area contributed by atoms with Gasteiger partial charge >= 0.3 is 6.18 Å². The number of nitrogens with two attached hydrogens (primary N) is 1. The molecule has 1 aromatic heterocycles. The number of halogens is 4. The third-order valence-corrected chi connectivity index (χ3v) is 3.25. The van der Waals surface area contributed by atoms with Crippen LogP contribution in [0.4, 0.5) is 24.5 Å². The fourth-order valence-corrected chi connectivity index (χ4v) is 2.17. The third kappa shape index (κ3) is 3.41. The van der Waals surface area contributed by atoms with Crippen LogP contribution in [0.3, 0.4) is 0 Å². The van der Waals surface area contributed by atoms with E-state index in [-0.39, 0.29) is 6.54 Å². The van der Waals surface area contributed by atoms with E-state index in [1.807, 2.05) is 0 Å². The van der Waals surface area contributed by atoms with Crippen molar-refractivity contribution in [1.82, 2.24) is 4.98 Å². The van der Waals surface area contributed by atoms with Crippen molar-refractivity contribution in [2.45, 2.75) is 12.7 Å². The van der Waals surface area contributed by atoms with Crippen molar-refractivity contribution in [3.63, 3.8) is 0 Å². The molecule has 7 heteroatoms. The van der Waals surface area contributed by atoms with E-state index in [0.717, 1.165) is 12.1 Å². The quantitative estimate of drug-likeness (QED) is 0.881. The molecule has 0 atom stereocenters. The molecule has 20 heavy (non-hydrogen) atoms. The minimum atomic E-state index is -4.34. The lowest BCUT2D eigenvalue weighted by atomic mass is 10.1. The molecule has 0 aliphatic carbocycles. The number of hydrogen-bond acceptors (Lipinski definition) is 3. The highest BCUT2D eigenvalue weighted by Gasteiger charge is 2.30. The van der Waals surface area contributed by atoms with Gasteiger partial charge in [0.2, 0.25) is 0 Å². The summed E-state index contributed by atoms with van der Waals surface area (Å²) in [7, 11) is 0. The summed E-state index contributed by atoms with van der Waals surface area (Å²) in [6.07, 6.45) is -1.31. The average molecular weight is 346 g/mol. The van der Waals surface area contributed by atoms with Crippen LogP contribution in [0.2, 0.25) is 0 Å². The molecular formula is C13H11BrF3N3. The summed E-state index contributed by atoms with van der Waals surface area (Å²) in [6, 6.07) is 5.15. The monoisotopic (exact) mass is 345 g/mol. The summed E-state index contributed by atoms with van der Waals surface area (Å²) in [6.45, 7) is 0.233. The largest absolute Gasteiger partial charge is 0.416 e. The van der Waals surface area contributed by atoms with Gasteiger partial charge in [-0.05, 0) is 33.6 Å². The molecule has 0 saturated carbocycles. The Labute approximate surface area is 122 Å². The number of benzene rings is 1. The van der Waals surface area contributed by atoms with Crippen molar-refractivity contribution in [2.24, 2.45) is 0 Å². The van der Waals surface area contributed by atoms with Crippen LogP contribution in [-0.2, 0) is 12.7 Å². The molecule has 0 unspecified atom stereocenters. The van der Waals surface area contributed by atoms with Gasteiger partial charge in [0, 0.05) is 12.7 Å². The number of alkyl halides is 3. The summed E-state index contributed by atoms with van der Waals surface area (Å²) in [5, 5.41) is 3.00. The molecule has 0 saturated heterocycles. The molecule has 1 heterocycles. The fourth-order valence-electron chi connectivity index (χ4n) is 1.68. The van der Waals surface area contributed by atoms with Crippen LogP contribution in [0.25, 0.3) is 0 Å². The summed E-state index contributed by atoms with van der Waals surface area (Å²) >= 11 is 3.28. The molecule has 2 aromatic rings. The first kappa shape index (κ1) is 14.6. The van der Waals surface area contributed by atoms with Crippen molar-refractivity contribution >= 4 is 27.3 Å². The Morgan fingerprint density at radius 1 is 1.25 bits per heavy atom. The number of pyridine rings is 1. The van der Waals surface area contributed by atoms with Crippen LogP contribution >= 0.6 is 15.9 Å². The van der Waals surface area contributed by atoms with E-state index >= 15 is 0 Å². The maximum Gasteiger partial charge on any atom is 0.416 e. The molecule has 1 aromatic carbocycles. The first-order valence-electron chi connectivity index (χ1n) is 5.67. The van der Waals surface area contributed by atoms with Crippen LogP contribution < -0.4 is 11.1 Å². The average Bonchev–Trinajstić information content (AvgIpc) is 2.37. The second-order valence-electron chi connectivity index (χ2n) is 4.14. The van der Waals surface area contributed by atoms with Crippen LogP contribution in [0, 0.1) is 0 Å². The van der Waals surface area contributed by atoms with E-state index < -0.39 is 11.7 Å². The predicted molar refractivity (Wildman–Crippen MR) is 75.1 cm³/mol. The maximum atomic E-state index is 12.6. The highest BCUT2D eigenvalue weighted by molar-refractivity contribution is 9.10. The summed E-state index contributed by atoms with van der Waals surface area (Å²) in [5.74, 6) is 0. The van der Waals surface area contributed by atoms with E-state index in [4.69, 9.17) is 5.73 Å². The van der Waals surface area contributed by atoms with Crippen molar-refractivity contribution in [2.75, 3.05) is 11.1 Å². The van der Waals surface area contributed by atoms with Crippen LogP contribution in [0.1, 0.15) is 11.1 Å². The van der Waals surface area contributed by atoms with Crippen molar-refractivity contribution in [1.29, 1.82) is 0 Å². The first-order valence-corrected chi connectivity index (χ1v) is 6.46. The van der Waals surface area contributed by atoms with Crippen molar-refractivity contribution < 1.29 is 13.2 Å². The molecule has 0 aliphatic rings. The minimum absolute atomic E-state index is 0.233. The van der Waals surface area contributed by atoms with Crippen molar-refractivity contribution in [3.8, 4) is 0 Å². The normalized spacial score (nSPS) is 11.4. The van der Waals surface area contributed by atoms with E-state index in [2.05, 4.69) is 26.2 Å². The zero-order valence-electron chi connectivity index (χ0n) is 10.2. The second kappa shape index (κ2) is 5.70. The zero-order chi connectivity index (χ0) is 14.8. The Balaban J connectivity index is 2.16. The van der Waals surface area contributed by atoms with Gasteiger partial charge in [0.05, 0.1) is 27.6 Å². The van der Waals surface area contributed by atoms with Crippen LogP contribution in [-0.4, -0.2) is 4.98 Å². The van der Waals surface area contributed by atoms with Gasteiger partial charge in [-0.3, -0.25) is 4.98 Å². The van der Waals surface area contributed by atoms with Gasteiger partial charge in [-0.2, -0.15) is 13.2 Å². The molecule has 0 bridgehead atoms. The summed E-state index contributed by atoms with van der Waals surface area (Å²) in [5.41, 5.74) is 6.63. The van der Waals surface area contributed by atoms with E-state index in [1.54, 1.807) is 12.3 Å². The van der Waals surface area contributed by atoms with Crippen LogP contribution in [0.5, 0.6) is 0 Å². The molecule has 0 fully saturated rings. The van der Waals surface area contributed by atoms with Gasteiger partial charge in [-0.1, -0.05) is 12.1 Å². The number of nitrogens with one attached hydrogen (secondary N) is 1. The number of nitrogen functional groups attached to an aromatic ring is 1.